The van der Waals surface area contributed by atoms with Crippen molar-refractivity contribution in [2.75, 3.05) is 24.6 Å². The van der Waals surface area contributed by atoms with Gasteiger partial charge in [0.05, 0.1) is 12.3 Å². The number of piperidine rings is 1. The fraction of sp³-hybridized carbons (Fsp3) is 0.550. The summed E-state index contributed by atoms with van der Waals surface area (Å²) in [7, 11) is 0. The molecule has 2 fully saturated rings. The molecular weight excluding hydrogens is 328 g/mol. The number of hydrogen-bond donors (Lipinski definition) is 0. The monoisotopic (exact) mass is 354 g/mol. The Hall–Kier alpha value is -2.37. The molecule has 6 nitrogen and oxygen atoms in total. The highest BCUT2D eigenvalue weighted by Crippen LogP contribution is 2.39. The maximum Gasteiger partial charge on any atom is 0.356 e. The van der Waals surface area contributed by atoms with Gasteiger partial charge in [0.2, 0.25) is 0 Å². The Labute approximate surface area is 154 Å². The quantitative estimate of drug-likeness (QED) is 0.745. The predicted molar refractivity (Wildman–Crippen MR) is 99.3 cm³/mol. The van der Waals surface area contributed by atoms with Gasteiger partial charge < -0.3 is 9.64 Å². The highest BCUT2D eigenvalue weighted by atomic mass is 16.5. The molecule has 1 saturated heterocycles. The van der Waals surface area contributed by atoms with Crippen molar-refractivity contribution in [3.63, 3.8) is 0 Å². The summed E-state index contributed by atoms with van der Waals surface area (Å²) in [6, 6.07) is 6.07. The summed E-state index contributed by atoms with van der Waals surface area (Å²) in [6.07, 6.45) is 8.26. The van der Waals surface area contributed by atoms with E-state index >= 15 is 0 Å². The molecule has 0 N–H and O–H groups in total. The second kappa shape index (κ2) is 7.48. The van der Waals surface area contributed by atoms with Gasteiger partial charge in [-0.1, -0.05) is 0 Å². The minimum atomic E-state index is -0.249. The number of pyridine rings is 1. The lowest BCUT2D eigenvalue weighted by Gasteiger charge is -2.33. The molecule has 4 rings (SSSR count). The van der Waals surface area contributed by atoms with E-state index in [1.54, 1.807) is 0 Å². The molecule has 2 aromatic heterocycles. The van der Waals surface area contributed by atoms with E-state index in [9.17, 15) is 4.79 Å². The van der Waals surface area contributed by atoms with Crippen LogP contribution in [0.25, 0.3) is 0 Å². The van der Waals surface area contributed by atoms with Gasteiger partial charge in [-0.2, -0.15) is 5.10 Å². The molecular formula is C20H26N4O2. The minimum absolute atomic E-state index is 0.249. The number of anilines is 1. The summed E-state index contributed by atoms with van der Waals surface area (Å²) in [5.41, 5.74) is 2.91. The van der Waals surface area contributed by atoms with Crippen molar-refractivity contribution in [1.82, 2.24) is 14.8 Å². The SMILES string of the molecule is CCOC(=O)c1cc(C2CC2)nn1CC1CCN(c2ccncc2)CC1. The highest BCUT2D eigenvalue weighted by molar-refractivity contribution is 5.87. The zero-order valence-corrected chi connectivity index (χ0v) is 15.3. The van der Waals surface area contributed by atoms with Gasteiger partial charge >= 0.3 is 5.97 Å². The Morgan fingerprint density at radius 2 is 1.92 bits per heavy atom. The molecule has 0 spiro atoms. The van der Waals surface area contributed by atoms with Crippen LogP contribution in [0.5, 0.6) is 0 Å². The second-order valence-corrected chi connectivity index (χ2v) is 7.27. The van der Waals surface area contributed by atoms with Gasteiger partial charge in [-0.05, 0) is 56.7 Å². The second-order valence-electron chi connectivity index (χ2n) is 7.27. The third kappa shape index (κ3) is 3.74. The lowest BCUT2D eigenvalue weighted by molar-refractivity contribution is 0.0510. The van der Waals surface area contributed by atoms with Gasteiger partial charge in [-0.25, -0.2) is 4.79 Å². The lowest BCUT2D eigenvalue weighted by Crippen LogP contribution is -2.35. The molecule has 0 unspecified atom stereocenters. The fourth-order valence-electron chi connectivity index (χ4n) is 3.70. The van der Waals surface area contributed by atoms with E-state index in [1.807, 2.05) is 30.1 Å². The molecule has 0 radical (unpaired) electrons. The van der Waals surface area contributed by atoms with Crippen LogP contribution in [0.3, 0.4) is 0 Å². The first kappa shape index (κ1) is 17.1. The normalized spacial score (nSPS) is 18.1. The van der Waals surface area contributed by atoms with E-state index in [1.165, 1.54) is 18.5 Å². The van der Waals surface area contributed by atoms with E-state index in [4.69, 9.17) is 9.84 Å². The molecule has 0 atom stereocenters. The largest absolute Gasteiger partial charge is 0.461 e. The van der Waals surface area contributed by atoms with Crippen LogP contribution >= 0.6 is 0 Å². The van der Waals surface area contributed by atoms with Crippen LogP contribution in [0.15, 0.2) is 30.6 Å². The maximum atomic E-state index is 12.3. The highest BCUT2D eigenvalue weighted by Gasteiger charge is 2.30. The van der Waals surface area contributed by atoms with E-state index < -0.39 is 0 Å². The Kier molecular flexibility index (Phi) is 4.91. The molecule has 1 aliphatic heterocycles. The Morgan fingerprint density at radius 3 is 2.58 bits per heavy atom. The lowest BCUT2D eigenvalue weighted by atomic mass is 9.96. The summed E-state index contributed by atoms with van der Waals surface area (Å²) in [5.74, 6) is 0.826. The zero-order valence-electron chi connectivity index (χ0n) is 15.3. The number of aromatic nitrogens is 3. The molecule has 2 aliphatic rings. The van der Waals surface area contributed by atoms with Gasteiger partial charge in [0.15, 0.2) is 0 Å². The van der Waals surface area contributed by atoms with Crippen molar-refractivity contribution in [3.05, 3.63) is 42.0 Å². The van der Waals surface area contributed by atoms with Gasteiger partial charge in [-0.3, -0.25) is 9.67 Å². The average Bonchev–Trinajstić information content (AvgIpc) is 3.44. The first-order chi connectivity index (χ1) is 12.7. The van der Waals surface area contributed by atoms with E-state index in [2.05, 4.69) is 22.0 Å². The standard InChI is InChI=1S/C20H26N4O2/c1-2-26-20(25)19-13-18(16-3-4-16)22-24(19)14-15-7-11-23(12-8-15)17-5-9-21-10-6-17/h5-6,9-10,13,15-16H,2-4,7-8,11-12,14H2,1H3. The van der Waals surface area contributed by atoms with Crippen LogP contribution in [0.4, 0.5) is 5.69 Å². The van der Waals surface area contributed by atoms with Crippen LogP contribution in [0.1, 0.15) is 54.7 Å². The van der Waals surface area contributed by atoms with E-state index in [-0.39, 0.29) is 5.97 Å². The van der Waals surface area contributed by atoms with Crippen LogP contribution in [-0.2, 0) is 11.3 Å². The molecule has 2 aromatic rings. The van der Waals surface area contributed by atoms with Crippen molar-refractivity contribution in [1.29, 1.82) is 0 Å². The van der Waals surface area contributed by atoms with Crippen molar-refractivity contribution >= 4 is 11.7 Å². The van der Waals surface area contributed by atoms with Gasteiger partial charge in [0, 0.05) is 43.6 Å². The first-order valence-corrected chi connectivity index (χ1v) is 9.64. The zero-order chi connectivity index (χ0) is 17.9. The van der Waals surface area contributed by atoms with Crippen LogP contribution in [0.2, 0.25) is 0 Å². The first-order valence-electron chi connectivity index (χ1n) is 9.64. The number of carbonyl (C=O) groups is 1. The van der Waals surface area contributed by atoms with Crippen molar-refractivity contribution < 1.29 is 9.53 Å². The summed E-state index contributed by atoms with van der Waals surface area (Å²) in [6.45, 7) is 5.09. The van der Waals surface area contributed by atoms with Crippen LogP contribution in [-0.4, -0.2) is 40.4 Å². The summed E-state index contributed by atoms with van der Waals surface area (Å²) < 4.78 is 7.13. The van der Waals surface area contributed by atoms with Crippen LogP contribution < -0.4 is 4.90 Å². The number of hydrogen-bond acceptors (Lipinski definition) is 5. The third-order valence-electron chi connectivity index (χ3n) is 5.35. The third-order valence-corrected chi connectivity index (χ3v) is 5.35. The topological polar surface area (TPSA) is 60.2 Å². The fourth-order valence-corrected chi connectivity index (χ4v) is 3.70. The Bertz CT molecular complexity index is 746. The summed E-state index contributed by atoms with van der Waals surface area (Å²) >= 11 is 0. The van der Waals surface area contributed by atoms with Gasteiger partial charge in [0.25, 0.3) is 0 Å². The van der Waals surface area contributed by atoms with Crippen molar-refractivity contribution in [2.24, 2.45) is 5.92 Å². The molecule has 1 aliphatic carbocycles. The molecule has 0 aromatic carbocycles. The Balaban J connectivity index is 1.42. The number of nitrogens with zero attached hydrogens (tertiary/aromatic N) is 4. The molecule has 1 saturated carbocycles. The molecule has 138 valence electrons. The van der Waals surface area contributed by atoms with E-state index in [0.717, 1.165) is 38.2 Å². The molecule has 0 amide bonds. The molecule has 6 heteroatoms. The van der Waals surface area contributed by atoms with Crippen LogP contribution in [0, 0.1) is 5.92 Å². The predicted octanol–water partition coefficient (Wildman–Crippen LogP) is 3.25. The summed E-state index contributed by atoms with van der Waals surface area (Å²) in [4.78, 5) is 18.8. The number of esters is 1. The summed E-state index contributed by atoms with van der Waals surface area (Å²) in [5, 5.41) is 4.74. The molecule has 26 heavy (non-hydrogen) atoms. The number of ether oxygens (including phenoxy) is 1. The molecule has 0 bridgehead atoms. The number of rotatable bonds is 6. The Morgan fingerprint density at radius 1 is 1.19 bits per heavy atom. The van der Waals surface area contributed by atoms with Gasteiger partial charge in [0.1, 0.15) is 5.69 Å². The number of carbonyl (C=O) groups excluding carboxylic acids is 1. The van der Waals surface area contributed by atoms with Gasteiger partial charge in [-0.15, -0.1) is 0 Å². The van der Waals surface area contributed by atoms with Crippen molar-refractivity contribution in [2.45, 2.75) is 45.1 Å². The van der Waals surface area contributed by atoms with E-state index in [0.29, 0.717) is 24.1 Å². The smallest absolute Gasteiger partial charge is 0.356 e. The van der Waals surface area contributed by atoms with Crippen molar-refractivity contribution in [3.8, 4) is 0 Å². The molecule has 3 heterocycles. The maximum absolute atomic E-state index is 12.3. The minimum Gasteiger partial charge on any atom is -0.461 e. The average molecular weight is 354 g/mol.